The summed E-state index contributed by atoms with van der Waals surface area (Å²) in [6, 6.07) is 14.5. The lowest BCUT2D eigenvalue weighted by molar-refractivity contribution is -0.137. The molecule has 3 aromatic rings. The molecule has 36 heavy (non-hydrogen) atoms. The SMILES string of the molecule is CCN(CC)c1ncc(N(C(C)=O)c2ccccc2)c(NC(Cc2ccc(OC=O)cc2)C(=O)O)n1. The Hall–Kier alpha value is -4.47. The molecule has 3 rings (SSSR count). The summed E-state index contributed by atoms with van der Waals surface area (Å²) >= 11 is 0. The highest BCUT2D eigenvalue weighted by Gasteiger charge is 2.25. The zero-order valence-electron chi connectivity index (χ0n) is 20.4. The number of aliphatic carboxylic acids is 1. The molecule has 1 atom stereocenters. The van der Waals surface area contributed by atoms with Gasteiger partial charge in [-0.2, -0.15) is 4.98 Å². The molecule has 1 heterocycles. The number of rotatable bonds is 12. The van der Waals surface area contributed by atoms with Crippen LogP contribution in [0.3, 0.4) is 0 Å². The molecule has 188 valence electrons. The maximum absolute atomic E-state index is 12.7. The molecule has 0 saturated heterocycles. The first-order chi connectivity index (χ1) is 17.4. The topological polar surface area (TPSA) is 125 Å². The smallest absolute Gasteiger partial charge is 0.326 e. The van der Waals surface area contributed by atoms with Crippen LogP contribution in [-0.2, 0) is 20.8 Å². The quantitative estimate of drug-likeness (QED) is 0.365. The van der Waals surface area contributed by atoms with E-state index >= 15 is 0 Å². The highest BCUT2D eigenvalue weighted by atomic mass is 16.5. The fourth-order valence-electron chi connectivity index (χ4n) is 3.72. The van der Waals surface area contributed by atoms with E-state index in [1.165, 1.54) is 18.0 Å². The Balaban J connectivity index is 2.03. The molecule has 1 unspecified atom stereocenters. The van der Waals surface area contributed by atoms with Crippen molar-refractivity contribution in [2.24, 2.45) is 0 Å². The summed E-state index contributed by atoms with van der Waals surface area (Å²) < 4.78 is 4.80. The Labute approximate surface area is 209 Å². The van der Waals surface area contributed by atoms with Crippen LogP contribution in [0.5, 0.6) is 5.75 Å². The third-order valence-corrected chi connectivity index (χ3v) is 5.53. The van der Waals surface area contributed by atoms with Gasteiger partial charge in [-0.1, -0.05) is 30.3 Å². The number of nitrogens with one attached hydrogen (secondary N) is 1. The lowest BCUT2D eigenvalue weighted by atomic mass is 10.1. The fraction of sp³-hybridized carbons (Fsp3) is 0.269. The number of hydrogen-bond acceptors (Lipinski definition) is 8. The van der Waals surface area contributed by atoms with Crippen LogP contribution in [0.4, 0.5) is 23.1 Å². The number of ether oxygens (including phenoxy) is 1. The van der Waals surface area contributed by atoms with Gasteiger partial charge in [0, 0.05) is 32.1 Å². The van der Waals surface area contributed by atoms with Gasteiger partial charge in [0.25, 0.3) is 6.47 Å². The molecule has 0 aliphatic rings. The Morgan fingerprint density at radius 1 is 1.08 bits per heavy atom. The first-order valence-corrected chi connectivity index (χ1v) is 11.5. The average Bonchev–Trinajstić information content (AvgIpc) is 2.87. The van der Waals surface area contributed by atoms with Gasteiger partial charge in [0.05, 0.1) is 6.20 Å². The first kappa shape index (κ1) is 26.1. The molecule has 10 nitrogen and oxygen atoms in total. The number of carbonyl (C=O) groups is 3. The van der Waals surface area contributed by atoms with Crippen LogP contribution in [0, 0.1) is 0 Å². The molecular formula is C26H29N5O5. The summed E-state index contributed by atoms with van der Waals surface area (Å²) in [5.74, 6) is -0.371. The number of anilines is 4. The van der Waals surface area contributed by atoms with Gasteiger partial charge in [0.1, 0.15) is 17.5 Å². The minimum absolute atomic E-state index is 0.117. The van der Waals surface area contributed by atoms with Gasteiger partial charge in [-0.15, -0.1) is 0 Å². The standard InChI is InChI=1S/C26H29N5O5/c1-4-30(5-2)26-27-16-23(31(18(3)33)20-9-7-6-8-10-20)24(29-26)28-22(25(34)35)15-19-11-13-21(14-12-19)36-17-32/h6-14,16-17,22H,4-5,15H2,1-3H3,(H,34,35)(H,27,28,29). The average molecular weight is 492 g/mol. The van der Waals surface area contributed by atoms with E-state index in [4.69, 9.17) is 4.74 Å². The van der Waals surface area contributed by atoms with Crippen LogP contribution >= 0.6 is 0 Å². The van der Waals surface area contributed by atoms with E-state index in [2.05, 4.69) is 15.3 Å². The van der Waals surface area contributed by atoms with Crippen LogP contribution < -0.4 is 19.9 Å². The molecule has 0 aliphatic carbocycles. The molecule has 0 radical (unpaired) electrons. The third-order valence-electron chi connectivity index (χ3n) is 5.53. The highest BCUT2D eigenvalue weighted by Crippen LogP contribution is 2.32. The van der Waals surface area contributed by atoms with Crippen LogP contribution in [0.2, 0.25) is 0 Å². The van der Waals surface area contributed by atoms with Crippen molar-refractivity contribution < 1.29 is 24.2 Å². The fourth-order valence-corrected chi connectivity index (χ4v) is 3.72. The van der Waals surface area contributed by atoms with E-state index in [9.17, 15) is 19.5 Å². The van der Waals surface area contributed by atoms with Crippen molar-refractivity contribution >= 4 is 41.5 Å². The lowest BCUT2D eigenvalue weighted by Gasteiger charge is -2.27. The van der Waals surface area contributed by atoms with Crippen molar-refractivity contribution in [1.82, 2.24) is 9.97 Å². The zero-order chi connectivity index (χ0) is 26.1. The Morgan fingerprint density at radius 3 is 2.31 bits per heavy atom. The number of carboxylic acid groups (broad SMARTS) is 1. The minimum atomic E-state index is -1.09. The minimum Gasteiger partial charge on any atom is -0.480 e. The Bertz CT molecular complexity index is 1180. The number of nitrogens with zero attached hydrogens (tertiary/aromatic N) is 4. The Morgan fingerprint density at radius 2 is 1.75 bits per heavy atom. The van der Waals surface area contributed by atoms with Crippen LogP contribution in [0.25, 0.3) is 0 Å². The molecule has 10 heteroatoms. The van der Waals surface area contributed by atoms with E-state index in [0.717, 1.165) is 0 Å². The van der Waals surface area contributed by atoms with E-state index in [1.807, 2.05) is 36.9 Å². The maximum Gasteiger partial charge on any atom is 0.326 e. The number of para-hydroxylation sites is 1. The predicted molar refractivity (Wildman–Crippen MR) is 137 cm³/mol. The van der Waals surface area contributed by atoms with Gasteiger partial charge in [-0.05, 0) is 43.7 Å². The first-order valence-electron chi connectivity index (χ1n) is 11.5. The molecule has 0 saturated carbocycles. The summed E-state index contributed by atoms with van der Waals surface area (Å²) in [6.45, 7) is 7.00. The van der Waals surface area contributed by atoms with Gasteiger partial charge in [0.15, 0.2) is 5.82 Å². The number of amides is 1. The van der Waals surface area contributed by atoms with Crippen molar-refractivity contribution in [2.75, 3.05) is 28.2 Å². The largest absolute Gasteiger partial charge is 0.480 e. The molecule has 0 fully saturated rings. The second-order valence-electron chi connectivity index (χ2n) is 7.86. The lowest BCUT2D eigenvalue weighted by Crippen LogP contribution is -2.34. The van der Waals surface area contributed by atoms with Gasteiger partial charge >= 0.3 is 5.97 Å². The molecule has 1 aromatic heterocycles. The van der Waals surface area contributed by atoms with Crippen molar-refractivity contribution in [3.05, 3.63) is 66.4 Å². The molecule has 1 amide bonds. The second kappa shape index (κ2) is 12.3. The third kappa shape index (κ3) is 6.35. The van der Waals surface area contributed by atoms with E-state index in [1.54, 1.807) is 36.4 Å². The van der Waals surface area contributed by atoms with Gasteiger partial charge < -0.3 is 20.1 Å². The predicted octanol–water partition coefficient (Wildman–Crippen LogP) is 3.65. The van der Waals surface area contributed by atoms with Crippen molar-refractivity contribution in [2.45, 2.75) is 33.2 Å². The summed E-state index contributed by atoms with van der Waals surface area (Å²) in [7, 11) is 0. The van der Waals surface area contributed by atoms with Crippen molar-refractivity contribution in [3.8, 4) is 5.75 Å². The molecule has 0 bridgehead atoms. The number of benzene rings is 2. The van der Waals surface area contributed by atoms with Crippen LogP contribution in [0.15, 0.2) is 60.8 Å². The summed E-state index contributed by atoms with van der Waals surface area (Å²) in [5.41, 5.74) is 1.65. The molecule has 0 spiro atoms. The number of carboxylic acids is 1. The van der Waals surface area contributed by atoms with Crippen LogP contribution in [0.1, 0.15) is 26.3 Å². The number of hydrogen-bond donors (Lipinski definition) is 2. The summed E-state index contributed by atoms with van der Waals surface area (Å²) in [5, 5.41) is 13.0. The maximum atomic E-state index is 12.7. The molecule has 2 aromatic carbocycles. The zero-order valence-corrected chi connectivity index (χ0v) is 20.4. The van der Waals surface area contributed by atoms with Crippen LogP contribution in [-0.4, -0.2) is 52.6 Å². The number of carbonyl (C=O) groups excluding carboxylic acids is 2. The summed E-state index contributed by atoms with van der Waals surface area (Å²) in [6.07, 6.45) is 1.65. The van der Waals surface area contributed by atoms with Crippen molar-refractivity contribution in [1.29, 1.82) is 0 Å². The number of aromatic nitrogens is 2. The van der Waals surface area contributed by atoms with Gasteiger partial charge in [-0.3, -0.25) is 14.5 Å². The monoisotopic (exact) mass is 491 g/mol. The highest BCUT2D eigenvalue weighted by molar-refractivity contribution is 6.01. The van der Waals surface area contributed by atoms with E-state index in [-0.39, 0.29) is 18.1 Å². The van der Waals surface area contributed by atoms with E-state index < -0.39 is 12.0 Å². The van der Waals surface area contributed by atoms with Crippen molar-refractivity contribution in [3.63, 3.8) is 0 Å². The van der Waals surface area contributed by atoms with Gasteiger partial charge in [-0.25, -0.2) is 9.78 Å². The Kier molecular flexibility index (Phi) is 8.93. The summed E-state index contributed by atoms with van der Waals surface area (Å²) in [4.78, 5) is 47.9. The molecular weight excluding hydrogens is 462 g/mol. The van der Waals surface area contributed by atoms with E-state index in [0.29, 0.717) is 48.2 Å². The molecule has 2 N–H and O–H groups in total. The second-order valence-corrected chi connectivity index (χ2v) is 7.86. The normalized spacial score (nSPS) is 11.3. The molecule has 0 aliphatic heterocycles. The van der Waals surface area contributed by atoms with Gasteiger partial charge in [0.2, 0.25) is 11.9 Å².